The molecule has 1 rings (SSSR count). The minimum atomic E-state index is -0.992. The van der Waals surface area contributed by atoms with Crippen LogP contribution in [0.5, 0.6) is 0 Å². The molecule has 1 unspecified atom stereocenters. The summed E-state index contributed by atoms with van der Waals surface area (Å²) in [7, 11) is 0. The van der Waals surface area contributed by atoms with Gasteiger partial charge in [0.1, 0.15) is 0 Å². The third-order valence-corrected chi connectivity index (χ3v) is 3.21. The van der Waals surface area contributed by atoms with Crippen molar-refractivity contribution in [3.63, 3.8) is 0 Å². The SMILES string of the molecule is CCC(CNC(=O)O)CNc1ncc(SC)cn1. The fourth-order valence-corrected chi connectivity index (χ4v) is 1.66. The Labute approximate surface area is 111 Å². The first kappa shape index (κ1) is 14.6. The van der Waals surface area contributed by atoms with Crippen LogP contribution >= 0.6 is 11.8 Å². The highest BCUT2D eigenvalue weighted by Crippen LogP contribution is 2.12. The molecule has 0 radical (unpaired) electrons. The lowest BCUT2D eigenvalue weighted by atomic mass is 10.1. The maximum atomic E-state index is 10.4. The van der Waals surface area contributed by atoms with Crippen LogP contribution in [0, 0.1) is 5.92 Å². The van der Waals surface area contributed by atoms with Crippen LogP contribution in [-0.4, -0.2) is 40.5 Å². The topological polar surface area (TPSA) is 87.1 Å². The number of thioether (sulfide) groups is 1. The second kappa shape index (κ2) is 7.75. The molecule has 1 atom stereocenters. The lowest BCUT2D eigenvalue weighted by molar-refractivity contribution is 0.192. The molecule has 0 saturated carbocycles. The van der Waals surface area contributed by atoms with Gasteiger partial charge in [-0.25, -0.2) is 14.8 Å². The number of carboxylic acid groups (broad SMARTS) is 1. The number of amides is 1. The van der Waals surface area contributed by atoms with Crippen LogP contribution in [0.1, 0.15) is 13.3 Å². The molecular formula is C11H18N4O2S. The summed E-state index contributed by atoms with van der Waals surface area (Å²) in [5, 5.41) is 14.0. The van der Waals surface area contributed by atoms with E-state index in [0.717, 1.165) is 11.3 Å². The van der Waals surface area contributed by atoms with E-state index < -0.39 is 6.09 Å². The summed E-state index contributed by atoms with van der Waals surface area (Å²) in [5.74, 6) is 0.798. The summed E-state index contributed by atoms with van der Waals surface area (Å²) >= 11 is 1.59. The molecule has 0 bridgehead atoms. The first-order valence-corrected chi connectivity index (χ1v) is 6.94. The van der Waals surface area contributed by atoms with Crippen molar-refractivity contribution < 1.29 is 9.90 Å². The summed E-state index contributed by atoms with van der Waals surface area (Å²) in [6.45, 7) is 3.10. The van der Waals surface area contributed by atoms with Gasteiger partial charge < -0.3 is 15.7 Å². The summed E-state index contributed by atoms with van der Waals surface area (Å²) in [6.07, 6.45) is 5.38. The third kappa shape index (κ3) is 5.22. The minimum absolute atomic E-state index is 0.227. The lowest BCUT2D eigenvalue weighted by Gasteiger charge is -2.15. The molecular weight excluding hydrogens is 252 g/mol. The van der Waals surface area contributed by atoms with Gasteiger partial charge in [-0.15, -0.1) is 11.8 Å². The zero-order chi connectivity index (χ0) is 13.4. The number of nitrogens with one attached hydrogen (secondary N) is 2. The normalized spacial score (nSPS) is 11.9. The Morgan fingerprint density at radius 1 is 1.44 bits per heavy atom. The Hall–Kier alpha value is -1.50. The second-order valence-corrected chi connectivity index (χ2v) is 4.67. The molecule has 0 aromatic carbocycles. The van der Waals surface area contributed by atoms with Crippen molar-refractivity contribution in [2.24, 2.45) is 5.92 Å². The molecule has 1 aromatic heterocycles. The van der Waals surface area contributed by atoms with Crippen LogP contribution in [0.3, 0.4) is 0 Å². The predicted molar refractivity (Wildman–Crippen MR) is 72.1 cm³/mol. The summed E-state index contributed by atoms with van der Waals surface area (Å²) in [4.78, 5) is 19.8. The number of rotatable bonds is 7. The second-order valence-electron chi connectivity index (χ2n) is 3.79. The highest BCUT2D eigenvalue weighted by molar-refractivity contribution is 7.98. The molecule has 0 saturated heterocycles. The van der Waals surface area contributed by atoms with Crippen LogP contribution < -0.4 is 10.6 Å². The van der Waals surface area contributed by atoms with Crippen molar-refractivity contribution >= 4 is 23.8 Å². The van der Waals surface area contributed by atoms with Gasteiger partial charge in [0.25, 0.3) is 0 Å². The molecule has 1 aromatic rings. The number of aromatic nitrogens is 2. The molecule has 0 aliphatic heterocycles. The van der Waals surface area contributed by atoms with Crippen molar-refractivity contribution in [1.29, 1.82) is 0 Å². The molecule has 100 valence electrons. The van der Waals surface area contributed by atoms with E-state index in [-0.39, 0.29) is 5.92 Å². The number of nitrogens with zero attached hydrogens (tertiary/aromatic N) is 2. The molecule has 0 aliphatic carbocycles. The van der Waals surface area contributed by atoms with Gasteiger partial charge in [-0.1, -0.05) is 6.92 Å². The number of anilines is 1. The fourth-order valence-electron chi connectivity index (χ4n) is 1.34. The first-order chi connectivity index (χ1) is 8.65. The Morgan fingerprint density at radius 3 is 2.61 bits per heavy atom. The van der Waals surface area contributed by atoms with Gasteiger partial charge in [0.2, 0.25) is 5.95 Å². The summed E-state index contributed by atoms with van der Waals surface area (Å²) in [5.41, 5.74) is 0. The third-order valence-electron chi connectivity index (χ3n) is 2.53. The minimum Gasteiger partial charge on any atom is -0.465 e. The van der Waals surface area contributed by atoms with Crippen molar-refractivity contribution in [3.8, 4) is 0 Å². The number of carbonyl (C=O) groups is 1. The van der Waals surface area contributed by atoms with Gasteiger partial charge in [-0.3, -0.25) is 0 Å². The quantitative estimate of drug-likeness (QED) is 0.656. The Bertz CT molecular complexity index is 372. The lowest BCUT2D eigenvalue weighted by Crippen LogP contribution is -2.31. The van der Waals surface area contributed by atoms with Crippen LogP contribution in [0.2, 0.25) is 0 Å². The van der Waals surface area contributed by atoms with Crippen molar-refractivity contribution in [2.75, 3.05) is 24.7 Å². The Kier molecular flexibility index (Phi) is 6.27. The van der Waals surface area contributed by atoms with Gasteiger partial charge in [-0.05, 0) is 18.6 Å². The maximum absolute atomic E-state index is 10.4. The van der Waals surface area contributed by atoms with Gasteiger partial charge in [0, 0.05) is 30.4 Å². The van der Waals surface area contributed by atoms with Crippen molar-refractivity contribution in [1.82, 2.24) is 15.3 Å². The maximum Gasteiger partial charge on any atom is 0.404 e. The predicted octanol–water partition coefficient (Wildman–Crippen LogP) is 1.90. The van der Waals surface area contributed by atoms with E-state index in [1.165, 1.54) is 0 Å². The highest BCUT2D eigenvalue weighted by atomic mass is 32.2. The van der Waals surface area contributed by atoms with E-state index in [2.05, 4.69) is 20.6 Å². The molecule has 0 aliphatic rings. The van der Waals surface area contributed by atoms with E-state index in [1.54, 1.807) is 24.2 Å². The molecule has 18 heavy (non-hydrogen) atoms. The summed E-state index contributed by atoms with van der Waals surface area (Å²) < 4.78 is 0. The van der Waals surface area contributed by atoms with Crippen LogP contribution in [-0.2, 0) is 0 Å². The zero-order valence-electron chi connectivity index (χ0n) is 10.5. The molecule has 1 heterocycles. The average molecular weight is 270 g/mol. The van der Waals surface area contributed by atoms with Crippen LogP contribution in [0.15, 0.2) is 17.3 Å². The molecule has 3 N–H and O–H groups in total. The van der Waals surface area contributed by atoms with Gasteiger partial charge in [0.05, 0.1) is 0 Å². The zero-order valence-corrected chi connectivity index (χ0v) is 11.3. The van der Waals surface area contributed by atoms with Crippen molar-refractivity contribution in [3.05, 3.63) is 12.4 Å². The van der Waals surface area contributed by atoms with E-state index in [4.69, 9.17) is 5.11 Å². The Morgan fingerprint density at radius 2 is 2.11 bits per heavy atom. The Balaban J connectivity index is 2.38. The van der Waals surface area contributed by atoms with Crippen molar-refractivity contribution in [2.45, 2.75) is 18.2 Å². The molecule has 0 spiro atoms. The van der Waals surface area contributed by atoms with E-state index in [9.17, 15) is 4.79 Å². The van der Waals surface area contributed by atoms with Gasteiger partial charge >= 0.3 is 6.09 Å². The monoisotopic (exact) mass is 270 g/mol. The van der Waals surface area contributed by atoms with Gasteiger partial charge in [-0.2, -0.15) is 0 Å². The van der Waals surface area contributed by atoms with Crippen LogP contribution in [0.25, 0.3) is 0 Å². The molecule has 7 heteroatoms. The summed E-state index contributed by atoms with van der Waals surface area (Å²) in [6, 6.07) is 0. The highest BCUT2D eigenvalue weighted by Gasteiger charge is 2.08. The number of hydrogen-bond donors (Lipinski definition) is 3. The van der Waals surface area contributed by atoms with Crippen LogP contribution in [0.4, 0.5) is 10.7 Å². The standard InChI is InChI=1S/C11H18N4O2S/c1-3-8(5-15-11(16)17)4-12-10-13-6-9(18-2)7-14-10/h6-8,15H,3-5H2,1-2H3,(H,16,17)(H,12,13,14). The number of hydrogen-bond acceptors (Lipinski definition) is 5. The average Bonchev–Trinajstić information content (AvgIpc) is 2.39. The first-order valence-electron chi connectivity index (χ1n) is 5.72. The smallest absolute Gasteiger partial charge is 0.404 e. The molecule has 0 fully saturated rings. The largest absolute Gasteiger partial charge is 0.465 e. The van der Waals surface area contributed by atoms with Gasteiger partial charge in [0.15, 0.2) is 0 Å². The van der Waals surface area contributed by atoms with E-state index >= 15 is 0 Å². The molecule has 1 amide bonds. The van der Waals surface area contributed by atoms with E-state index in [1.807, 2.05) is 13.2 Å². The van der Waals surface area contributed by atoms with E-state index in [0.29, 0.717) is 19.0 Å². The fraction of sp³-hybridized carbons (Fsp3) is 0.545. The molecule has 6 nitrogen and oxygen atoms in total.